The van der Waals surface area contributed by atoms with E-state index in [1.807, 2.05) is 42.5 Å². The number of guanidine groups is 1. The molecule has 0 aliphatic carbocycles. The van der Waals surface area contributed by atoms with Gasteiger partial charge in [-0.05, 0) is 36.4 Å². The van der Waals surface area contributed by atoms with Crippen molar-refractivity contribution in [2.75, 3.05) is 13.6 Å². The fourth-order valence-electron chi connectivity index (χ4n) is 2.72. The quantitative estimate of drug-likeness (QED) is 0.390. The first-order valence-corrected chi connectivity index (χ1v) is 9.55. The smallest absolute Gasteiger partial charge is 0.191 e. The van der Waals surface area contributed by atoms with E-state index < -0.39 is 0 Å². The molecule has 138 valence electrons. The molecule has 6 nitrogen and oxygen atoms in total. The maximum atomic E-state index is 5.95. The van der Waals surface area contributed by atoms with Crippen molar-refractivity contribution in [1.29, 1.82) is 0 Å². The van der Waals surface area contributed by atoms with Crippen LogP contribution >= 0.6 is 11.3 Å². The zero-order valence-electron chi connectivity index (χ0n) is 14.9. The van der Waals surface area contributed by atoms with Gasteiger partial charge in [-0.1, -0.05) is 12.1 Å². The van der Waals surface area contributed by atoms with E-state index in [0.29, 0.717) is 6.54 Å². The van der Waals surface area contributed by atoms with Crippen molar-refractivity contribution in [2.24, 2.45) is 4.99 Å². The Morgan fingerprint density at radius 2 is 2.00 bits per heavy atom. The van der Waals surface area contributed by atoms with Gasteiger partial charge in [0.15, 0.2) is 16.7 Å². The second kappa shape index (κ2) is 8.09. The Labute approximate surface area is 160 Å². The van der Waals surface area contributed by atoms with Gasteiger partial charge in [0.05, 0.1) is 23.0 Å². The standard InChI is InChI=1S/C20H20N4O2S/c1-21-20(22-11-10-14-5-4-12-25-14)23-13-15-8-9-17(26-15)19-24-16-6-2-3-7-18(16)27-19/h2-9,12H,10-11,13H2,1H3,(H2,21,22,23). The molecule has 2 N–H and O–H groups in total. The number of fused-ring (bicyclic) bond motifs is 1. The van der Waals surface area contributed by atoms with Gasteiger partial charge in [0, 0.05) is 20.0 Å². The van der Waals surface area contributed by atoms with E-state index in [-0.39, 0.29) is 0 Å². The van der Waals surface area contributed by atoms with E-state index in [2.05, 4.69) is 26.7 Å². The predicted molar refractivity (Wildman–Crippen MR) is 108 cm³/mol. The Bertz CT molecular complexity index is 1000. The van der Waals surface area contributed by atoms with Crippen LogP contribution in [-0.2, 0) is 13.0 Å². The van der Waals surface area contributed by atoms with Gasteiger partial charge in [0.2, 0.25) is 0 Å². The summed E-state index contributed by atoms with van der Waals surface area (Å²) in [6.45, 7) is 1.29. The molecule has 0 bridgehead atoms. The van der Waals surface area contributed by atoms with Gasteiger partial charge in [0.1, 0.15) is 11.5 Å². The molecule has 0 radical (unpaired) electrons. The van der Waals surface area contributed by atoms with Crippen molar-refractivity contribution in [3.63, 3.8) is 0 Å². The molecule has 0 amide bonds. The molecule has 7 heteroatoms. The zero-order valence-corrected chi connectivity index (χ0v) is 15.8. The summed E-state index contributed by atoms with van der Waals surface area (Å²) >= 11 is 1.63. The average molecular weight is 380 g/mol. The third-order valence-electron chi connectivity index (χ3n) is 4.06. The number of rotatable bonds is 6. The summed E-state index contributed by atoms with van der Waals surface area (Å²) in [5.74, 6) is 3.29. The highest BCUT2D eigenvalue weighted by molar-refractivity contribution is 7.21. The molecular formula is C20H20N4O2S. The molecule has 0 atom stereocenters. The lowest BCUT2D eigenvalue weighted by atomic mass is 10.3. The normalized spacial score (nSPS) is 11.8. The molecule has 27 heavy (non-hydrogen) atoms. The summed E-state index contributed by atoms with van der Waals surface area (Å²) in [5.41, 5.74) is 0.995. The van der Waals surface area contributed by atoms with Crippen molar-refractivity contribution < 1.29 is 8.83 Å². The van der Waals surface area contributed by atoms with Crippen LogP contribution in [0.2, 0.25) is 0 Å². The van der Waals surface area contributed by atoms with Crippen LogP contribution in [0, 0.1) is 0 Å². The summed E-state index contributed by atoms with van der Waals surface area (Å²) in [5, 5.41) is 7.41. The number of thiazole rings is 1. The van der Waals surface area contributed by atoms with Gasteiger partial charge in [0.25, 0.3) is 0 Å². The van der Waals surface area contributed by atoms with E-state index in [1.54, 1.807) is 24.6 Å². The molecule has 0 fully saturated rings. The van der Waals surface area contributed by atoms with Crippen LogP contribution in [0.25, 0.3) is 21.0 Å². The number of nitrogens with zero attached hydrogens (tertiary/aromatic N) is 2. The highest BCUT2D eigenvalue weighted by atomic mass is 32.1. The lowest BCUT2D eigenvalue weighted by molar-refractivity contribution is 0.503. The second-order valence-electron chi connectivity index (χ2n) is 5.93. The SMILES string of the molecule is CN=C(NCCc1ccco1)NCc1ccc(-c2nc3ccccc3s2)o1. The molecular weight excluding hydrogens is 360 g/mol. The lowest BCUT2D eigenvalue weighted by Gasteiger charge is -2.10. The number of para-hydroxylation sites is 1. The van der Waals surface area contributed by atoms with Gasteiger partial charge >= 0.3 is 0 Å². The molecule has 0 aliphatic heterocycles. The fraction of sp³-hybridized carbons (Fsp3) is 0.200. The monoisotopic (exact) mass is 380 g/mol. The maximum absolute atomic E-state index is 5.95. The van der Waals surface area contributed by atoms with Crippen molar-refractivity contribution in [3.05, 3.63) is 66.3 Å². The Balaban J connectivity index is 1.33. The van der Waals surface area contributed by atoms with Crippen LogP contribution in [0.1, 0.15) is 11.5 Å². The van der Waals surface area contributed by atoms with E-state index >= 15 is 0 Å². The number of hydrogen-bond donors (Lipinski definition) is 2. The Hall–Kier alpha value is -3.06. The van der Waals surface area contributed by atoms with Crippen molar-refractivity contribution >= 4 is 27.5 Å². The molecule has 0 saturated heterocycles. The third kappa shape index (κ3) is 4.20. The molecule has 0 spiro atoms. The zero-order chi connectivity index (χ0) is 18.5. The van der Waals surface area contributed by atoms with E-state index in [0.717, 1.165) is 51.4 Å². The van der Waals surface area contributed by atoms with E-state index in [9.17, 15) is 0 Å². The van der Waals surface area contributed by atoms with Crippen LogP contribution < -0.4 is 10.6 Å². The Morgan fingerprint density at radius 3 is 2.81 bits per heavy atom. The van der Waals surface area contributed by atoms with Crippen LogP contribution in [0.5, 0.6) is 0 Å². The predicted octanol–water partition coefficient (Wildman–Crippen LogP) is 4.06. The molecule has 0 saturated carbocycles. The van der Waals surface area contributed by atoms with Crippen LogP contribution in [0.3, 0.4) is 0 Å². The maximum Gasteiger partial charge on any atom is 0.191 e. The van der Waals surface area contributed by atoms with E-state index in [4.69, 9.17) is 8.83 Å². The van der Waals surface area contributed by atoms with Gasteiger partial charge in [-0.25, -0.2) is 4.98 Å². The van der Waals surface area contributed by atoms with Crippen LogP contribution in [0.15, 0.2) is 68.6 Å². The summed E-state index contributed by atoms with van der Waals surface area (Å²) in [6.07, 6.45) is 2.48. The van der Waals surface area contributed by atoms with Crippen molar-refractivity contribution in [1.82, 2.24) is 15.6 Å². The lowest BCUT2D eigenvalue weighted by Crippen LogP contribution is -2.37. The number of benzene rings is 1. The number of aliphatic imine (C=N–C) groups is 1. The molecule has 4 rings (SSSR count). The highest BCUT2D eigenvalue weighted by Crippen LogP contribution is 2.31. The van der Waals surface area contributed by atoms with Crippen LogP contribution in [0.4, 0.5) is 0 Å². The van der Waals surface area contributed by atoms with Gasteiger partial charge in [-0.15, -0.1) is 11.3 Å². The minimum absolute atomic E-state index is 0.547. The minimum Gasteiger partial charge on any atom is -0.469 e. The molecule has 4 aromatic rings. The topological polar surface area (TPSA) is 75.6 Å². The van der Waals surface area contributed by atoms with Crippen molar-refractivity contribution in [2.45, 2.75) is 13.0 Å². The molecule has 0 unspecified atom stereocenters. The summed E-state index contributed by atoms with van der Waals surface area (Å²) < 4.78 is 12.4. The number of nitrogens with one attached hydrogen (secondary N) is 2. The Kier molecular flexibility index (Phi) is 5.20. The van der Waals surface area contributed by atoms with E-state index in [1.165, 1.54) is 0 Å². The van der Waals surface area contributed by atoms with Gasteiger partial charge in [-0.3, -0.25) is 4.99 Å². The Morgan fingerprint density at radius 1 is 1.07 bits per heavy atom. The molecule has 3 aromatic heterocycles. The first kappa shape index (κ1) is 17.4. The van der Waals surface area contributed by atoms with Crippen molar-refractivity contribution in [3.8, 4) is 10.8 Å². The summed E-state index contributed by atoms with van der Waals surface area (Å²) in [7, 11) is 1.75. The molecule has 3 heterocycles. The number of hydrogen-bond acceptors (Lipinski definition) is 5. The average Bonchev–Trinajstić information content (AvgIpc) is 3.44. The minimum atomic E-state index is 0.547. The first-order chi connectivity index (χ1) is 13.3. The third-order valence-corrected chi connectivity index (χ3v) is 5.11. The summed E-state index contributed by atoms with van der Waals surface area (Å²) in [4.78, 5) is 8.86. The molecule has 1 aromatic carbocycles. The van der Waals surface area contributed by atoms with Gasteiger partial charge < -0.3 is 19.5 Å². The van der Waals surface area contributed by atoms with Gasteiger partial charge in [-0.2, -0.15) is 0 Å². The number of furan rings is 2. The highest BCUT2D eigenvalue weighted by Gasteiger charge is 2.10. The largest absolute Gasteiger partial charge is 0.469 e. The summed E-state index contributed by atoms with van der Waals surface area (Å²) in [6, 6.07) is 15.9. The molecule has 0 aliphatic rings. The second-order valence-corrected chi connectivity index (χ2v) is 6.97. The number of aromatic nitrogens is 1. The first-order valence-electron chi connectivity index (χ1n) is 8.73. The fourth-order valence-corrected chi connectivity index (χ4v) is 3.64. The van der Waals surface area contributed by atoms with Crippen LogP contribution in [-0.4, -0.2) is 24.5 Å².